The second-order valence-corrected chi connectivity index (χ2v) is 22.2. The average molecular weight is 782 g/mol. The number of carbonyl (C=O) groups is 2. The van der Waals surface area contributed by atoms with E-state index < -0.39 is 56.2 Å². The van der Waals surface area contributed by atoms with Crippen molar-refractivity contribution in [3.63, 3.8) is 0 Å². The van der Waals surface area contributed by atoms with E-state index in [4.69, 9.17) is 32.8 Å². The number of phenolic OH excluding ortho intramolecular Hbond substituents is 1. The number of hydrogen-bond donors (Lipinski definition) is 1. The number of hydrogen-bond acceptors (Lipinski definition) is 10. The maximum absolute atomic E-state index is 13.8. The number of nitrogens with zero attached hydrogens (tertiary/aromatic N) is 1. The number of cyclic esters (lactones) is 1. The van der Waals surface area contributed by atoms with E-state index in [1.807, 2.05) is 63.3 Å². The monoisotopic (exact) mass is 781 g/mol. The maximum atomic E-state index is 13.8. The van der Waals surface area contributed by atoms with E-state index in [-0.39, 0.29) is 35.4 Å². The zero-order chi connectivity index (χ0) is 40.9. The highest BCUT2D eigenvalue weighted by Gasteiger charge is 2.45. The van der Waals surface area contributed by atoms with Gasteiger partial charge in [0.1, 0.15) is 41.0 Å². The lowest BCUT2D eigenvalue weighted by molar-refractivity contribution is -0.156. The fourth-order valence-corrected chi connectivity index (χ4v) is 7.03. The molecule has 2 aromatic carbocycles. The highest BCUT2D eigenvalue weighted by atomic mass is 28.4. The van der Waals surface area contributed by atoms with Gasteiger partial charge in [0, 0.05) is 12.0 Å². The Morgan fingerprint density at radius 1 is 1.02 bits per heavy atom. The number of ether oxygens (including phenoxy) is 6. The fourth-order valence-electron chi connectivity index (χ4n) is 6.00. The molecule has 2 aliphatic heterocycles. The second kappa shape index (κ2) is 17.6. The molecule has 11 nitrogen and oxygen atoms in total. The summed E-state index contributed by atoms with van der Waals surface area (Å²) in [6.45, 7) is 24.4. The predicted octanol–water partition coefficient (Wildman–Crippen LogP) is 9.42. The van der Waals surface area contributed by atoms with Crippen LogP contribution in [0.25, 0.3) is 6.08 Å². The molecule has 2 aliphatic rings. The molecule has 304 valence electrons. The third-order valence-electron chi connectivity index (χ3n) is 10.3. The quantitative estimate of drug-likeness (QED) is 0.150. The van der Waals surface area contributed by atoms with Gasteiger partial charge in [-0.25, -0.2) is 9.59 Å². The molecular weight excluding hydrogens is 719 g/mol. The van der Waals surface area contributed by atoms with Gasteiger partial charge in [-0.15, -0.1) is 0 Å². The molecule has 0 aromatic heterocycles. The van der Waals surface area contributed by atoms with Crippen LogP contribution in [0.3, 0.4) is 0 Å². The van der Waals surface area contributed by atoms with E-state index in [2.05, 4.69) is 33.9 Å². The van der Waals surface area contributed by atoms with Gasteiger partial charge >= 0.3 is 12.1 Å². The summed E-state index contributed by atoms with van der Waals surface area (Å²) >= 11 is 0. The molecule has 1 fully saturated rings. The number of aromatic hydroxyl groups is 1. The first-order valence-corrected chi connectivity index (χ1v) is 22.1. The van der Waals surface area contributed by atoms with Crippen molar-refractivity contribution in [2.75, 3.05) is 25.2 Å². The Hall–Kier alpha value is -3.68. The number of rotatable bonds is 9. The lowest BCUT2D eigenvalue weighted by atomic mass is 9.98. The number of phenols is 1. The van der Waals surface area contributed by atoms with Crippen LogP contribution in [0.4, 0.5) is 10.5 Å². The molecule has 0 spiro atoms. The highest BCUT2D eigenvalue weighted by molar-refractivity contribution is 6.74. The highest BCUT2D eigenvalue weighted by Crippen LogP contribution is 2.38. The summed E-state index contributed by atoms with van der Waals surface area (Å²) in [7, 11) is -0.513. The molecule has 1 amide bonds. The Morgan fingerprint density at radius 2 is 1.69 bits per heavy atom. The van der Waals surface area contributed by atoms with Gasteiger partial charge in [0.25, 0.3) is 0 Å². The molecule has 5 atom stereocenters. The normalized spacial score (nSPS) is 23.3. The Bertz CT molecular complexity index is 1690. The van der Waals surface area contributed by atoms with E-state index in [0.29, 0.717) is 24.3 Å². The van der Waals surface area contributed by atoms with Crippen molar-refractivity contribution in [3.8, 4) is 11.5 Å². The van der Waals surface area contributed by atoms with Crippen molar-refractivity contribution in [2.45, 2.75) is 136 Å². The minimum Gasteiger partial charge on any atom is -0.507 e. The number of fused-ring (bicyclic) bond motifs is 2. The first-order valence-electron chi connectivity index (χ1n) is 19.2. The lowest BCUT2D eigenvalue weighted by Gasteiger charge is -2.37. The molecule has 2 aromatic rings. The first kappa shape index (κ1) is 44.0. The van der Waals surface area contributed by atoms with Crippen LogP contribution in [-0.2, 0) is 34.7 Å². The Morgan fingerprint density at radius 3 is 2.31 bits per heavy atom. The number of anilines is 1. The largest absolute Gasteiger partial charge is 0.507 e. The third-order valence-corrected chi connectivity index (χ3v) is 14.8. The van der Waals surface area contributed by atoms with Crippen LogP contribution in [0, 0.1) is 5.92 Å². The van der Waals surface area contributed by atoms with Crippen LogP contribution >= 0.6 is 0 Å². The molecule has 0 unspecified atom stereocenters. The molecule has 55 heavy (non-hydrogen) atoms. The maximum Gasteiger partial charge on any atom is 0.414 e. The minimum atomic E-state index is -2.14. The standard InChI is InChI=1S/C43H63NO10Si/c1-28-17-22-35(49-27-30-18-20-33(48-11)21-19-30)38-36(52-43(9,10)53-38)16-14-15-31-25-32(26-34(45)37(31)39(46)51-29(28)2)44(40(47)54-41(3,4)5)23-24-50-55(12,13)42(6,7)8/h14-15,17-22,25-26,28-29,35-36,38,45H,16,23-24,27H2,1-13H3/t28-,29+,35-,36+,38-/m1/s1. The van der Waals surface area contributed by atoms with Crippen LogP contribution in [0.1, 0.15) is 97.1 Å². The van der Waals surface area contributed by atoms with Crippen molar-refractivity contribution in [1.82, 2.24) is 0 Å². The first-order chi connectivity index (χ1) is 25.5. The molecule has 0 radical (unpaired) electrons. The number of methoxy groups -OCH3 is 1. The van der Waals surface area contributed by atoms with Crippen LogP contribution in [0.5, 0.6) is 11.5 Å². The topological polar surface area (TPSA) is 122 Å². The van der Waals surface area contributed by atoms with Gasteiger partial charge in [0.15, 0.2) is 14.1 Å². The molecule has 0 bridgehead atoms. The van der Waals surface area contributed by atoms with Crippen LogP contribution in [0.2, 0.25) is 18.1 Å². The van der Waals surface area contributed by atoms with E-state index in [1.165, 1.54) is 11.0 Å². The molecule has 0 saturated carbocycles. The summed E-state index contributed by atoms with van der Waals surface area (Å²) in [5.74, 6) is -1.36. The van der Waals surface area contributed by atoms with Gasteiger partial charge in [-0.2, -0.15) is 0 Å². The fraction of sp³-hybridized carbons (Fsp3) is 0.581. The summed E-state index contributed by atoms with van der Waals surface area (Å²) in [4.78, 5) is 29.0. The van der Waals surface area contributed by atoms with E-state index in [0.717, 1.165) is 11.3 Å². The summed E-state index contributed by atoms with van der Waals surface area (Å²) in [5.41, 5.74) is 0.896. The second-order valence-electron chi connectivity index (χ2n) is 17.4. The van der Waals surface area contributed by atoms with Gasteiger partial charge < -0.3 is 38.0 Å². The predicted molar refractivity (Wildman–Crippen MR) is 217 cm³/mol. The zero-order valence-corrected chi connectivity index (χ0v) is 36.1. The van der Waals surface area contributed by atoms with Gasteiger partial charge in [-0.3, -0.25) is 4.90 Å². The summed E-state index contributed by atoms with van der Waals surface area (Å²) < 4.78 is 42.9. The van der Waals surface area contributed by atoms with E-state index >= 15 is 0 Å². The molecule has 0 aliphatic carbocycles. The number of amides is 1. The molecule has 4 rings (SSSR count). The van der Waals surface area contributed by atoms with Crippen molar-refractivity contribution < 1.29 is 47.5 Å². The third kappa shape index (κ3) is 11.9. The Balaban J connectivity index is 1.72. The SMILES string of the molecule is COc1ccc(CO[C@@H]2C=C[C@@H](C)[C@H](C)OC(=O)c3c(O)cc(N(CCO[Si](C)(C)C(C)(C)C)C(=O)OC(C)(C)C)cc3C=CC[C@@H]3OC(C)(C)O[C@@H]32)cc1. The van der Waals surface area contributed by atoms with Gasteiger partial charge in [0.05, 0.1) is 38.7 Å². The number of esters is 1. The Labute approximate surface area is 329 Å². The average Bonchev–Trinajstić information content (AvgIpc) is 3.38. The van der Waals surface area contributed by atoms with Gasteiger partial charge in [0.2, 0.25) is 0 Å². The van der Waals surface area contributed by atoms with Crippen molar-refractivity contribution in [3.05, 3.63) is 71.3 Å². The van der Waals surface area contributed by atoms with Gasteiger partial charge in [-0.05, 0) is 95.4 Å². The van der Waals surface area contributed by atoms with Crippen molar-refractivity contribution in [1.29, 1.82) is 0 Å². The molecule has 1 N–H and O–H groups in total. The van der Waals surface area contributed by atoms with Crippen molar-refractivity contribution >= 4 is 32.1 Å². The zero-order valence-electron chi connectivity index (χ0n) is 35.1. The molecule has 2 heterocycles. The minimum absolute atomic E-state index is 0.0112. The van der Waals surface area contributed by atoms with E-state index in [9.17, 15) is 14.7 Å². The number of benzene rings is 2. The summed E-state index contributed by atoms with van der Waals surface area (Å²) in [5, 5.41) is 11.5. The smallest absolute Gasteiger partial charge is 0.414 e. The summed E-state index contributed by atoms with van der Waals surface area (Å²) in [6.07, 6.45) is 5.38. The van der Waals surface area contributed by atoms with Crippen LogP contribution in [0.15, 0.2) is 54.6 Å². The lowest BCUT2D eigenvalue weighted by Crippen LogP contribution is -2.44. The summed E-state index contributed by atoms with van der Waals surface area (Å²) in [6, 6.07) is 10.8. The molecular formula is C43H63NO10Si. The van der Waals surface area contributed by atoms with E-state index in [1.54, 1.807) is 46.9 Å². The molecule has 12 heteroatoms. The number of carbonyl (C=O) groups excluding carboxylic acids is 2. The molecule has 1 saturated heterocycles. The van der Waals surface area contributed by atoms with Crippen molar-refractivity contribution in [2.24, 2.45) is 5.92 Å². The van der Waals surface area contributed by atoms with Crippen LogP contribution < -0.4 is 9.64 Å². The Kier molecular flexibility index (Phi) is 14.1. The van der Waals surface area contributed by atoms with Crippen LogP contribution in [-0.4, -0.2) is 81.6 Å². The van der Waals surface area contributed by atoms with Gasteiger partial charge in [-0.1, -0.05) is 64.1 Å².